The molecule has 2 aliphatic rings. The third-order valence-corrected chi connectivity index (χ3v) is 7.65. The molecule has 2 aliphatic carbocycles. The molecule has 0 atom stereocenters. The monoisotopic (exact) mass is 685 g/mol. The summed E-state index contributed by atoms with van der Waals surface area (Å²) in [6, 6.07) is 16.9. The van der Waals surface area contributed by atoms with Gasteiger partial charge in [0.15, 0.2) is 5.78 Å². The fourth-order valence-electron chi connectivity index (χ4n) is 5.51. The van der Waals surface area contributed by atoms with E-state index in [1.54, 1.807) is 12.3 Å². The number of benzene rings is 2. The molecule has 2 saturated carbocycles. The van der Waals surface area contributed by atoms with Crippen LogP contribution in [-0.4, -0.2) is 25.8 Å². The molecule has 0 amide bonds. The number of fused-ring (bicyclic) bond motifs is 3. The summed E-state index contributed by atoms with van der Waals surface area (Å²) < 4.78 is 0. The van der Waals surface area contributed by atoms with Crippen LogP contribution in [-0.2, 0) is 24.9 Å². The molecule has 0 aliphatic heterocycles. The first-order chi connectivity index (χ1) is 18.2. The first-order valence-electron chi connectivity index (χ1n) is 13.6. The zero-order valence-electron chi connectivity index (χ0n) is 21.6. The van der Waals surface area contributed by atoms with Crippen molar-refractivity contribution in [1.29, 1.82) is 0 Å². The van der Waals surface area contributed by atoms with Crippen LogP contribution >= 0.6 is 0 Å². The molecule has 2 heterocycles. The van der Waals surface area contributed by atoms with Gasteiger partial charge in [0.1, 0.15) is 0 Å². The van der Waals surface area contributed by atoms with E-state index in [0.717, 1.165) is 52.9 Å². The van der Waals surface area contributed by atoms with Crippen molar-refractivity contribution in [3.8, 4) is 11.4 Å². The summed E-state index contributed by atoms with van der Waals surface area (Å²) in [5.41, 5.74) is 1.84. The molecule has 6 heteroatoms. The first-order valence-corrected chi connectivity index (χ1v) is 13.6. The summed E-state index contributed by atoms with van der Waals surface area (Å²) >= 11 is 0. The van der Waals surface area contributed by atoms with Crippen LogP contribution in [0.1, 0.15) is 64.2 Å². The number of pyridine rings is 1. The molecule has 5 nitrogen and oxygen atoms in total. The molecule has 1 N–H and O–H groups in total. The number of ketones is 1. The van der Waals surface area contributed by atoms with E-state index in [1.807, 2.05) is 54.9 Å². The Morgan fingerprint density at radius 3 is 2.32 bits per heavy atom. The minimum absolute atomic E-state index is 0. The van der Waals surface area contributed by atoms with E-state index in [-0.39, 0.29) is 37.7 Å². The Morgan fingerprint density at radius 1 is 0.868 bits per heavy atom. The van der Waals surface area contributed by atoms with E-state index in [4.69, 9.17) is 0 Å². The van der Waals surface area contributed by atoms with Gasteiger partial charge in [-0.15, -0.1) is 35.9 Å². The summed E-state index contributed by atoms with van der Waals surface area (Å²) in [4.78, 5) is 25.3. The van der Waals surface area contributed by atoms with Crippen molar-refractivity contribution < 1.29 is 30.0 Å². The van der Waals surface area contributed by atoms with Crippen LogP contribution < -0.4 is 0 Å². The zero-order chi connectivity index (χ0) is 25.5. The van der Waals surface area contributed by atoms with Gasteiger partial charge in [0.05, 0.1) is 17.1 Å². The molecule has 2 aromatic heterocycles. The molecule has 199 valence electrons. The smallest absolute Gasteiger partial charge is 0.162 e. The van der Waals surface area contributed by atoms with E-state index in [1.165, 1.54) is 38.5 Å². The quantitative estimate of drug-likeness (QED) is 0.103. The van der Waals surface area contributed by atoms with Crippen LogP contribution in [0.15, 0.2) is 72.9 Å². The molecular formula is C32H34IrN3O2-. The van der Waals surface area contributed by atoms with Crippen molar-refractivity contribution in [3.63, 3.8) is 0 Å². The Hall–Kier alpha value is -2.95. The van der Waals surface area contributed by atoms with Crippen LogP contribution in [0.2, 0.25) is 0 Å². The maximum Gasteiger partial charge on any atom is 0.162 e. The van der Waals surface area contributed by atoms with E-state index in [0.29, 0.717) is 11.6 Å². The van der Waals surface area contributed by atoms with Crippen LogP contribution in [0.25, 0.3) is 33.1 Å². The number of rotatable bonds is 4. The van der Waals surface area contributed by atoms with Gasteiger partial charge in [-0.05, 0) is 43.2 Å². The fourth-order valence-corrected chi connectivity index (χ4v) is 5.51. The van der Waals surface area contributed by atoms with E-state index in [9.17, 15) is 9.90 Å². The van der Waals surface area contributed by atoms with Gasteiger partial charge in [0.2, 0.25) is 0 Å². The minimum Gasteiger partial charge on any atom is -0.512 e. The number of aliphatic hydroxyl groups is 1. The van der Waals surface area contributed by atoms with E-state index < -0.39 is 0 Å². The number of carbonyl (C=O) groups excluding carboxylic acids is 1. The average Bonchev–Trinajstić information content (AvgIpc) is 2.98. The molecule has 4 aromatic rings. The largest absolute Gasteiger partial charge is 0.512 e. The van der Waals surface area contributed by atoms with Crippen molar-refractivity contribution >= 4 is 27.5 Å². The summed E-state index contributed by atoms with van der Waals surface area (Å²) in [5.74, 6) is 1.69. The molecule has 1 radical (unpaired) electrons. The van der Waals surface area contributed by atoms with Gasteiger partial charge in [-0.25, -0.2) is 0 Å². The van der Waals surface area contributed by atoms with Gasteiger partial charge >= 0.3 is 0 Å². The van der Waals surface area contributed by atoms with Crippen molar-refractivity contribution in [2.24, 2.45) is 11.8 Å². The van der Waals surface area contributed by atoms with Crippen LogP contribution in [0, 0.1) is 17.9 Å². The Balaban J connectivity index is 0.000000175. The Bertz CT molecular complexity index is 1380. The topological polar surface area (TPSA) is 76.0 Å². The number of aliphatic hydroxyl groups excluding tert-OH is 1. The predicted octanol–water partition coefficient (Wildman–Crippen LogP) is 7.80. The Labute approximate surface area is 238 Å². The standard InChI is InChI=1S/C17H10N3.C15H24O2.Ir/c1-2-4-12(5-3-1)17-19-11-15-14-8-9-18-10-13(14)6-7-16(15)20-17;16-14(12-7-3-1-4-8-12)11-15(17)13-9-5-2-6-10-13;/h1-4,6-11H;11-13,16H,1-10H2;/q-1;;/b;14-11-;. The molecule has 6 rings (SSSR count). The maximum atomic E-state index is 12.0. The summed E-state index contributed by atoms with van der Waals surface area (Å²) in [6.45, 7) is 0. The second-order valence-electron chi connectivity index (χ2n) is 10.2. The number of aromatic nitrogens is 3. The molecular weight excluding hydrogens is 651 g/mol. The SMILES string of the molecule is O=C(/C=C(\O)C1CCCCC1)C1CCCCC1.[Ir].[c-]1ccccc1-c1ncc2c(ccc3cnccc32)n1. The second-order valence-corrected chi connectivity index (χ2v) is 10.2. The van der Waals surface area contributed by atoms with Crippen molar-refractivity contribution in [1.82, 2.24) is 15.0 Å². The number of allylic oxidation sites excluding steroid dienone is 2. The van der Waals surface area contributed by atoms with Crippen LogP contribution in [0.3, 0.4) is 0 Å². The predicted molar refractivity (Wildman–Crippen MR) is 148 cm³/mol. The number of hydrogen-bond donors (Lipinski definition) is 1. The molecule has 38 heavy (non-hydrogen) atoms. The second kappa shape index (κ2) is 13.7. The Morgan fingerprint density at radius 2 is 1.61 bits per heavy atom. The summed E-state index contributed by atoms with van der Waals surface area (Å²) in [6.07, 6.45) is 18.5. The number of nitrogens with zero attached hydrogens (tertiary/aromatic N) is 3. The molecule has 0 saturated heterocycles. The van der Waals surface area contributed by atoms with Crippen molar-refractivity contribution in [2.75, 3.05) is 0 Å². The van der Waals surface area contributed by atoms with Crippen molar-refractivity contribution in [3.05, 3.63) is 79.0 Å². The maximum absolute atomic E-state index is 12.0. The van der Waals surface area contributed by atoms with Gasteiger partial charge in [0, 0.05) is 67.4 Å². The first kappa shape index (κ1) is 28.1. The molecule has 2 fully saturated rings. The third kappa shape index (κ3) is 6.92. The Kier molecular flexibility index (Phi) is 10.1. The molecule has 0 bridgehead atoms. The number of hydrogen-bond acceptors (Lipinski definition) is 5. The molecule has 0 spiro atoms. The zero-order valence-corrected chi connectivity index (χ0v) is 24.0. The van der Waals surface area contributed by atoms with Crippen molar-refractivity contribution in [2.45, 2.75) is 64.2 Å². The average molecular weight is 685 g/mol. The third-order valence-electron chi connectivity index (χ3n) is 7.65. The summed E-state index contributed by atoms with van der Waals surface area (Å²) in [5, 5.41) is 13.3. The van der Waals surface area contributed by atoms with Gasteiger partial charge in [-0.1, -0.05) is 44.6 Å². The van der Waals surface area contributed by atoms with Crippen LogP contribution in [0.5, 0.6) is 0 Å². The fraction of sp³-hybridized carbons (Fsp3) is 0.375. The van der Waals surface area contributed by atoms with Gasteiger partial charge in [0.25, 0.3) is 0 Å². The van der Waals surface area contributed by atoms with Gasteiger partial charge < -0.3 is 5.11 Å². The molecule has 0 unspecified atom stereocenters. The molecule has 2 aromatic carbocycles. The van der Waals surface area contributed by atoms with E-state index >= 15 is 0 Å². The number of carbonyl (C=O) groups is 1. The van der Waals surface area contributed by atoms with Gasteiger partial charge in [-0.2, -0.15) is 0 Å². The van der Waals surface area contributed by atoms with Gasteiger partial charge in [-0.3, -0.25) is 19.7 Å². The minimum atomic E-state index is 0. The van der Waals surface area contributed by atoms with Crippen LogP contribution in [0.4, 0.5) is 0 Å². The van der Waals surface area contributed by atoms with E-state index in [2.05, 4.69) is 21.0 Å². The summed E-state index contributed by atoms with van der Waals surface area (Å²) in [7, 11) is 0. The normalized spacial score (nSPS) is 16.9.